The molecule has 0 bridgehead atoms. The maximum atomic E-state index is 10.4. The molecular weight excluding hydrogens is 88.1 g/mol. The molecule has 1 heteroatoms. The summed E-state index contributed by atoms with van der Waals surface area (Å²) >= 11 is 0. The monoisotopic (exact) mass is 93.0 g/mol. The van der Waals surface area contributed by atoms with Crippen LogP contribution in [-0.4, -0.2) is 5.78 Å². The van der Waals surface area contributed by atoms with Crippen LogP contribution in [-0.2, 0) is 4.79 Å². The summed E-state index contributed by atoms with van der Waals surface area (Å²) in [6, 6.07) is 0. The van der Waals surface area contributed by atoms with Gasteiger partial charge in [-0.15, -0.1) is 0 Å². The Hall–Kier alpha value is -0.590. The minimum Gasteiger partial charge on any atom is -0.299 e. The Morgan fingerprint density at radius 3 is 2.57 bits per heavy atom. The largest absolute Gasteiger partial charge is 0.299 e. The van der Waals surface area contributed by atoms with Gasteiger partial charge in [-0.25, -0.2) is 0 Å². The number of ketones is 1. The molecule has 1 saturated carbocycles. The number of carbonyl (C=O) groups is 1. The first-order valence-corrected chi connectivity index (χ1v) is 2.45. The molecule has 1 radical (unpaired) electrons. The Balaban J connectivity index is 2.33. The SMILES string of the molecule is O=C1C2[CH]C=CC12. The molecular formula is C6H5O. The lowest BCUT2D eigenvalue weighted by Crippen LogP contribution is -1.73. The molecule has 2 unspecified atom stereocenters. The molecule has 1 fully saturated rings. The minimum atomic E-state index is 0.306. The highest BCUT2D eigenvalue weighted by atomic mass is 16.1. The topological polar surface area (TPSA) is 17.1 Å². The summed E-state index contributed by atoms with van der Waals surface area (Å²) < 4.78 is 0. The lowest BCUT2D eigenvalue weighted by molar-refractivity contribution is -0.111. The number of fused-ring (bicyclic) bond motifs is 1. The zero-order chi connectivity index (χ0) is 4.85. The maximum absolute atomic E-state index is 10.4. The van der Waals surface area contributed by atoms with Gasteiger partial charge in [0.2, 0.25) is 0 Å². The molecule has 0 aromatic heterocycles. The van der Waals surface area contributed by atoms with E-state index >= 15 is 0 Å². The highest BCUT2D eigenvalue weighted by Crippen LogP contribution is 2.41. The van der Waals surface area contributed by atoms with Gasteiger partial charge in [0.1, 0.15) is 5.78 Å². The second kappa shape index (κ2) is 0.808. The molecule has 0 spiro atoms. The Labute approximate surface area is 42.0 Å². The van der Waals surface area contributed by atoms with E-state index in [0.29, 0.717) is 17.6 Å². The summed E-state index contributed by atoms with van der Waals surface area (Å²) in [5.41, 5.74) is 0. The molecule has 2 aliphatic carbocycles. The van der Waals surface area contributed by atoms with Gasteiger partial charge in [-0.3, -0.25) is 4.79 Å². The van der Waals surface area contributed by atoms with E-state index in [0.717, 1.165) is 0 Å². The number of Topliss-reactive ketones (excluding diaryl/α,β-unsaturated/α-hetero) is 1. The first-order chi connectivity index (χ1) is 3.39. The highest BCUT2D eigenvalue weighted by Gasteiger charge is 2.48. The summed E-state index contributed by atoms with van der Waals surface area (Å²) in [6.45, 7) is 0. The van der Waals surface area contributed by atoms with Crippen LogP contribution in [0.15, 0.2) is 12.2 Å². The fourth-order valence-electron chi connectivity index (χ4n) is 1.01. The molecule has 35 valence electrons. The second-order valence-corrected chi connectivity index (χ2v) is 2.03. The molecule has 0 aromatic rings. The average molecular weight is 93.1 g/mol. The van der Waals surface area contributed by atoms with Crippen molar-refractivity contribution in [2.24, 2.45) is 11.8 Å². The standard InChI is InChI=1S/C6H5O/c7-6-4-2-1-3-5(4)6/h1-5H. The van der Waals surface area contributed by atoms with Gasteiger partial charge in [-0.05, 0) is 6.42 Å². The Kier molecular flexibility index (Phi) is 0.394. The molecule has 0 amide bonds. The van der Waals surface area contributed by atoms with E-state index in [4.69, 9.17) is 0 Å². The summed E-state index contributed by atoms with van der Waals surface area (Å²) in [7, 11) is 0. The highest BCUT2D eigenvalue weighted by molar-refractivity contribution is 6.04. The van der Waals surface area contributed by atoms with E-state index in [2.05, 4.69) is 0 Å². The predicted octanol–water partition coefficient (Wildman–Crippen LogP) is 0.576. The Bertz CT molecular complexity index is 146. The molecule has 2 aliphatic rings. The van der Waals surface area contributed by atoms with Crippen LogP contribution in [0.25, 0.3) is 0 Å². The van der Waals surface area contributed by atoms with E-state index in [1.54, 1.807) is 0 Å². The molecule has 0 aliphatic heterocycles. The van der Waals surface area contributed by atoms with E-state index in [9.17, 15) is 4.79 Å². The first kappa shape index (κ1) is 3.42. The van der Waals surface area contributed by atoms with Crippen molar-refractivity contribution < 1.29 is 4.79 Å². The molecule has 7 heavy (non-hydrogen) atoms. The van der Waals surface area contributed by atoms with Gasteiger partial charge in [0.15, 0.2) is 0 Å². The zero-order valence-corrected chi connectivity index (χ0v) is 3.79. The van der Waals surface area contributed by atoms with Crippen LogP contribution in [0, 0.1) is 18.3 Å². The predicted molar refractivity (Wildman–Crippen MR) is 25.4 cm³/mol. The van der Waals surface area contributed by atoms with Crippen molar-refractivity contribution in [3.63, 3.8) is 0 Å². The molecule has 0 N–H and O–H groups in total. The van der Waals surface area contributed by atoms with Gasteiger partial charge < -0.3 is 0 Å². The van der Waals surface area contributed by atoms with Crippen LogP contribution >= 0.6 is 0 Å². The van der Waals surface area contributed by atoms with Crippen molar-refractivity contribution in [1.82, 2.24) is 0 Å². The average Bonchev–Trinajstić information content (AvgIpc) is 2.26. The molecule has 1 nitrogen and oxygen atoms in total. The van der Waals surface area contributed by atoms with Gasteiger partial charge in [-0.2, -0.15) is 0 Å². The molecule has 0 aromatic carbocycles. The Morgan fingerprint density at radius 1 is 1.43 bits per heavy atom. The van der Waals surface area contributed by atoms with Gasteiger partial charge >= 0.3 is 0 Å². The fraction of sp³-hybridized carbons (Fsp3) is 0.333. The van der Waals surface area contributed by atoms with Crippen LogP contribution in [0.3, 0.4) is 0 Å². The van der Waals surface area contributed by atoms with Crippen molar-refractivity contribution >= 4 is 5.78 Å². The van der Waals surface area contributed by atoms with Crippen LogP contribution in [0.5, 0.6) is 0 Å². The van der Waals surface area contributed by atoms with Crippen molar-refractivity contribution in [2.75, 3.05) is 0 Å². The van der Waals surface area contributed by atoms with Crippen molar-refractivity contribution in [1.29, 1.82) is 0 Å². The number of hydrogen-bond acceptors (Lipinski definition) is 1. The summed E-state index contributed by atoms with van der Waals surface area (Å²) in [6.07, 6.45) is 5.90. The molecule has 2 atom stereocenters. The van der Waals surface area contributed by atoms with Crippen LogP contribution in [0.2, 0.25) is 0 Å². The van der Waals surface area contributed by atoms with E-state index in [1.165, 1.54) is 0 Å². The van der Waals surface area contributed by atoms with Gasteiger partial charge in [-0.1, -0.05) is 12.2 Å². The lowest BCUT2D eigenvalue weighted by atomic mass is 10.3. The second-order valence-electron chi connectivity index (χ2n) is 2.03. The molecule has 0 saturated heterocycles. The minimum absolute atomic E-state index is 0.306. The first-order valence-electron chi connectivity index (χ1n) is 2.45. The summed E-state index contributed by atoms with van der Waals surface area (Å²) in [5, 5.41) is 0. The third-order valence-electron chi connectivity index (χ3n) is 1.57. The van der Waals surface area contributed by atoms with Crippen molar-refractivity contribution in [3.8, 4) is 0 Å². The number of rotatable bonds is 0. The van der Waals surface area contributed by atoms with Crippen molar-refractivity contribution in [3.05, 3.63) is 18.6 Å². The molecule has 0 heterocycles. The molecule has 2 rings (SSSR count). The van der Waals surface area contributed by atoms with Gasteiger partial charge in [0, 0.05) is 11.8 Å². The van der Waals surface area contributed by atoms with Crippen LogP contribution in [0.4, 0.5) is 0 Å². The van der Waals surface area contributed by atoms with Gasteiger partial charge in [0.25, 0.3) is 0 Å². The normalized spacial score (nSPS) is 44.3. The summed E-state index contributed by atoms with van der Waals surface area (Å²) in [5.74, 6) is 1.02. The Morgan fingerprint density at radius 2 is 2.29 bits per heavy atom. The van der Waals surface area contributed by atoms with Crippen LogP contribution < -0.4 is 0 Å². The van der Waals surface area contributed by atoms with E-state index < -0.39 is 0 Å². The quantitative estimate of drug-likeness (QED) is 0.428. The fourth-order valence-corrected chi connectivity index (χ4v) is 1.01. The van der Waals surface area contributed by atoms with E-state index in [-0.39, 0.29) is 0 Å². The van der Waals surface area contributed by atoms with Crippen LogP contribution in [0.1, 0.15) is 0 Å². The van der Waals surface area contributed by atoms with E-state index in [1.807, 2.05) is 18.6 Å². The third kappa shape index (κ3) is 0.265. The zero-order valence-electron chi connectivity index (χ0n) is 3.79. The maximum Gasteiger partial charge on any atom is 0.145 e. The number of carbonyl (C=O) groups excluding carboxylic acids is 1. The summed E-state index contributed by atoms with van der Waals surface area (Å²) in [4.78, 5) is 10.4. The number of allylic oxidation sites excluding steroid dienone is 2. The lowest BCUT2D eigenvalue weighted by Gasteiger charge is -1.70. The van der Waals surface area contributed by atoms with Gasteiger partial charge in [0.05, 0.1) is 0 Å². The third-order valence-corrected chi connectivity index (χ3v) is 1.57. The van der Waals surface area contributed by atoms with Crippen molar-refractivity contribution in [2.45, 2.75) is 0 Å². The smallest absolute Gasteiger partial charge is 0.145 e. The number of hydrogen-bond donors (Lipinski definition) is 0.